The number of piperidine rings is 1. The van der Waals surface area contributed by atoms with Crippen molar-refractivity contribution >= 4 is 5.91 Å². The topological polar surface area (TPSA) is 58.4 Å². The smallest absolute Gasteiger partial charge is 0.224 e. The fourth-order valence-electron chi connectivity index (χ4n) is 3.95. The summed E-state index contributed by atoms with van der Waals surface area (Å²) in [6.45, 7) is 3.09. The lowest BCUT2D eigenvalue weighted by Gasteiger charge is -2.40. The molecule has 3 N–H and O–H groups in total. The predicted molar refractivity (Wildman–Crippen MR) is 88.5 cm³/mol. The van der Waals surface area contributed by atoms with Gasteiger partial charge in [0.15, 0.2) is 0 Å². The van der Waals surface area contributed by atoms with E-state index < -0.39 is 0 Å². The number of hydrogen-bond donors (Lipinski definition) is 2. The fraction of sp³-hybridized carbons (Fsp3) is 0.611. The minimum atomic E-state index is 0.120. The van der Waals surface area contributed by atoms with E-state index in [1.54, 1.807) is 0 Å². The van der Waals surface area contributed by atoms with Crippen LogP contribution < -0.4 is 11.1 Å². The van der Waals surface area contributed by atoms with Crippen molar-refractivity contribution in [1.29, 1.82) is 0 Å². The van der Waals surface area contributed by atoms with Gasteiger partial charge < -0.3 is 11.1 Å². The van der Waals surface area contributed by atoms with E-state index in [9.17, 15) is 4.79 Å². The molecule has 0 aromatic heterocycles. The summed E-state index contributed by atoms with van der Waals surface area (Å²) >= 11 is 0. The molecule has 1 saturated heterocycles. The minimum absolute atomic E-state index is 0.120. The molecular weight excluding hydrogens is 274 g/mol. The molecule has 1 heterocycles. The van der Waals surface area contributed by atoms with E-state index in [1.165, 1.54) is 30.4 Å². The zero-order valence-corrected chi connectivity index (χ0v) is 13.3. The molecule has 0 spiro atoms. The van der Waals surface area contributed by atoms with Crippen LogP contribution in [0.25, 0.3) is 0 Å². The summed E-state index contributed by atoms with van der Waals surface area (Å²) in [5, 5.41) is 2.95. The van der Waals surface area contributed by atoms with Gasteiger partial charge in [-0.25, -0.2) is 0 Å². The first-order chi connectivity index (χ1) is 10.8. The summed E-state index contributed by atoms with van der Waals surface area (Å²) in [5.41, 5.74) is 8.46. The third-order valence-corrected chi connectivity index (χ3v) is 5.05. The molecule has 2 aliphatic rings. The Morgan fingerprint density at radius 2 is 2.14 bits per heavy atom. The molecule has 1 aromatic rings. The number of aryl methyl sites for hydroxylation is 1. The van der Waals surface area contributed by atoms with Crippen LogP contribution in [0, 0.1) is 5.92 Å². The molecule has 1 fully saturated rings. The number of nitrogens with two attached hydrogens (primary N) is 1. The fourth-order valence-corrected chi connectivity index (χ4v) is 3.95. The first kappa shape index (κ1) is 15.5. The van der Waals surface area contributed by atoms with E-state index in [4.69, 9.17) is 5.73 Å². The van der Waals surface area contributed by atoms with E-state index in [-0.39, 0.29) is 11.8 Å². The van der Waals surface area contributed by atoms with Crippen LogP contribution in [0.4, 0.5) is 0 Å². The number of benzene rings is 1. The van der Waals surface area contributed by atoms with Gasteiger partial charge in [-0.1, -0.05) is 24.3 Å². The Morgan fingerprint density at radius 1 is 1.27 bits per heavy atom. The number of likely N-dealkylation sites (tertiary alicyclic amines) is 1. The zero-order valence-electron chi connectivity index (χ0n) is 13.3. The van der Waals surface area contributed by atoms with Gasteiger partial charge in [0.2, 0.25) is 5.91 Å². The highest BCUT2D eigenvalue weighted by Crippen LogP contribution is 2.36. The number of nitrogens with one attached hydrogen (secondary N) is 1. The first-order valence-corrected chi connectivity index (χ1v) is 8.59. The summed E-state index contributed by atoms with van der Waals surface area (Å²) in [5.74, 6) is 0.300. The van der Waals surface area contributed by atoms with Crippen LogP contribution in [0.15, 0.2) is 24.3 Å². The van der Waals surface area contributed by atoms with Crippen LogP contribution in [-0.4, -0.2) is 37.0 Å². The van der Waals surface area contributed by atoms with Crippen LogP contribution in [-0.2, 0) is 11.2 Å². The third kappa shape index (κ3) is 3.33. The molecular formula is C18H27N3O. The maximum Gasteiger partial charge on any atom is 0.224 e. The molecule has 0 saturated carbocycles. The van der Waals surface area contributed by atoms with E-state index in [0.29, 0.717) is 19.1 Å². The molecule has 2 atom stereocenters. The second-order valence-electron chi connectivity index (χ2n) is 6.52. The zero-order chi connectivity index (χ0) is 15.4. The van der Waals surface area contributed by atoms with Crippen LogP contribution in [0.1, 0.15) is 42.9 Å². The molecule has 4 heteroatoms. The number of fused-ring (bicyclic) bond motifs is 1. The van der Waals surface area contributed by atoms with Crippen molar-refractivity contribution in [3.8, 4) is 0 Å². The summed E-state index contributed by atoms with van der Waals surface area (Å²) in [6, 6.07) is 9.32. The lowest BCUT2D eigenvalue weighted by Crippen LogP contribution is -2.45. The minimum Gasteiger partial charge on any atom is -0.355 e. The Balaban J connectivity index is 1.69. The normalized spacial score (nSPS) is 25.5. The highest BCUT2D eigenvalue weighted by Gasteiger charge is 2.32. The molecule has 22 heavy (non-hydrogen) atoms. The second-order valence-corrected chi connectivity index (χ2v) is 6.52. The number of carbonyl (C=O) groups is 1. The van der Waals surface area contributed by atoms with Gasteiger partial charge in [0, 0.05) is 25.7 Å². The van der Waals surface area contributed by atoms with Gasteiger partial charge in [0.25, 0.3) is 0 Å². The van der Waals surface area contributed by atoms with Crippen LogP contribution in [0.5, 0.6) is 0 Å². The highest BCUT2D eigenvalue weighted by atomic mass is 16.1. The van der Waals surface area contributed by atoms with E-state index in [1.807, 2.05) is 0 Å². The van der Waals surface area contributed by atoms with Crippen LogP contribution in [0.2, 0.25) is 0 Å². The standard InChI is InChI=1S/C18H27N3O/c19-10-11-20-18(22)15-7-4-12-21(13-15)17-9-3-6-14-5-1-2-8-16(14)17/h1-2,5,8,15,17H,3-4,6-7,9-13,19H2,(H,20,22). The SMILES string of the molecule is NCCNC(=O)C1CCCN(C2CCCc3ccccc32)C1. The van der Waals surface area contributed by atoms with Gasteiger partial charge in [-0.15, -0.1) is 0 Å². The molecule has 120 valence electrons. The molecule has 2 unspecified atom stereocenters. The van der Waals surface area contributed by atoms with Crippen molar-refractivity contribution < 1.29 is 4.79 Å². The summed E-state index contributed by atoms with van der Waals surface area (Å²) in [6.07, 6.45) is 5.78. The molecule has 1 aromatic carbocycles. The van der Waals surface area contributed by atoms with E-state index in [2.05, 4.69) is 34.5 Å². The van der Waals surface area contributed by atoms with Gasteiger partial charge in [-0.05, 0) is 49.8 Å². The summed E-state index contributed by atoms with van der Waals surface area (Å²) in [4.78, 5) is 14.8. The van der Waals surface area contributed by atoms with Crippen molar-refractivity contribution in [1.82, 2.24) is 10.2 Å². The molecule has 0 radical (unpaired) electrons. The van der Waals surface area contributed by atoms with Gasteiger partial charge >= 0.3 is 0 Å². The Hall–Kier alpha value is -1.39. The maximum absolute atomic E-state index is 12.2. The van der Waals surface area contributed by atoms with Crippen molar-refractivity contribution in [3.63, 3.8) is 0 Å². The third-order valence-electron chi connectivity index (χ3n) is 5.05. The molecule has 1 amide bonds. The number of hydrogen-bond acceptors (Lipinski definition) is 3. The second kappa shape index (κ2) is 7.25. The van der Waals surface area contributed by atoms with Crippen molar-refractivity contribution in [2.24, 2.45) is 11.7 Å². The number of rotatable bonds is 4. The van der Waals surface area contributed by atoms with E-state index >= 15 is 0 Å². The van der Waals surface area contributed by atoms with Crippen molar-refractivity contribution in [2.75, 3.05) is 26.2 Å². The first-order valence-electron chi connectivity index (χ1n) is 8.59. The Morgan fingerprint density at radius 3 is 3.00 bits per heavy atom. The largest absolute Gasteiger partial charge is 0.355 e. The molecule has 0 bridgehead atoms. The van der Waals surface area contributed by atoms with Crippen molar-refractivity contribution in [2.45, 2.75) is 38.1 Å². The van der Waals surface area contributed by atoms with Gasteiger partial charge in [-0.2, -0.15) is 0 Å². The lowest BCUT2D eigenvalue weighted by atomic mass is 9.85. The molecule has 1 aliphatic heterocycles. The van der Waals surface area contributed by atoms with Crippen molar-refractivity contribution in [3.05, 3.63) is 35.4 Å². The Kier molecular flexibility index (Phi) is 5.11. The van der Waals surface area contributed by atoms with Gasteiger partial charge in [0.1, 0.15) is 0 Å². The summed E-state index contributed by atoms with van der Waals surface area (Å²) in [7, 11) is 0. The predicted octanol–water partition coefficient (Wildman–Crippen LogP) is 1.85. The van der Waals surface area contributed by atoms with Gasteiger partial charge in [0.05, 0.1) is 5.92 Å². The number of carbonyl (C=O) groups excluding carboxylic acids is 1. The Bertz CT molecular complexity index is 517. The maximum atomic E-state index is 12.2. The van der Waals surface area contributed by atoms with Gasteiger partial charge in [-0.3, -0.25) is 9.69 Å². The highest BCUT2D eigenvalue weighted by molar-refractivity contribution is 5.78. The quantitative estimate of drug-likeness (QED) is 0.892. The number of amides is 1. The average molecular weight is 301 g/mol. The molecule has 1 aliphatic carbocycles. The average Bonchev–Trinajstić information content (AvgIpc) is 2.59. The lowest BCUT2D eigenvalue weighted by molar-refractivity contribution is -0.127. The van der Waals surface area contributed by atoms with Crippen LogP contribution in [0.3, 0.4) is 0 Å². The van der Waals surface area contributed by atoms with E-state index in [0.717, 1.165) is 25.9 Å². The Labute approximate surface area is 133 Å². The van der Waals surface area contributed by atoms with Crippen LogP contribution >= 0.6 is 0 Å². The molecule has 4 nitrogen and oxygen atoms in total. The summed E-state index contributed by atoms with van der Waals surface area (Å²) < 4.78 is 0. The molecule has 3 rings (SSSR count). The monoisotopic (exact) mass is 301 g/mol. The number of nitrogens with zero attached hydrogens (tertiary/aromatic N) is 1.